The van der Waals surface area contributed by atoms with E-state index in [1.807, 2.05) is 11.0 Å². The van der Waals surface area contributed by atoms with Crippen LogP contribution in [0.4, 0.5) is 10.1 Å². The number of carbonyl (C=O) groups is 3. The van der Waals surface area contributed by atoms with Gasteiger partial charge in [0.05, 0.1) is 12.1 Å². The molecule has 3 aromatic carbocycles. The number of hydrogen-bond donors (Lipinski definition) is 0. The molecule has 1 saturated heterocycles. The van der Waals surface area contributed by atoms with Gasteiger partial charge in [-0.25, -0.2) is 4.39 Å². The van der Waals surface area contributed by atoms with E-state index in [-0.39, 0.29) is 22.9 Å². The van der Waals surface area contributed by atoms with Gasteiger partial charge in [-0.3, -0.25) is 14.4 Å². The van der Waals surface area contributed by atoms with Crippen LogP contribution in [0.2, 0.25) is 5.02 Å². The smallest absolute Gasteiger partial charge is 0.180 e. The van der Waals surface area contributed by atoms with Crippen molar-refractivity contribution in [2.24, 2.45) is 5.41 Å². The second kappa shape index (κ2) is 7.21. The molecule has 0 bridgehead atoms. The third-order valence-electron chi connectivity index (χ3n) is 7.42. The highest BCUT2D eigenvalue weighted by Gasteiger charge is 2.71. The van der Waals surface area contributed by atoms with E-state index in [4.69, 9.17) is 11.6 Å². The molecule has 0 radical (unpaired) electrons. The molecular weight excluding hydrogens is 453 g/mol. The summed E-state index contributed by atoms with van der Waals surface area (Å²) in [5, 5.41) is 0.529. The summed E-state index contributed by atoms with van der Waals surface area (Å²) in [4.78, 5) is 43.4. The number of anilines is 1. The summed E-state index contributed by atoms with van der Waals surface area (Å²) >= 11 is 6.21. The van der Waals surface area contributed by atoms with Crippen molar-refractivity contribution in [1.29, 1.82) is 0 Å². The van der Waals surface area contributed by atoms with Gasteiger partial charge in [0, 0.05) is 27.8 Å². The first kappa shape index (κ1) is 21.0. The fraction of sp³-hybridized carbons (Fsp3) is 0.179. The lowest BCUT2D eigenvalue weighted by Crippen LogP contribution is -2.48. The Labute approximate surface area is 200 Å². The highest BCUT2D eigenvalue weighted by Crippen LogP contribution is 2.60. The Morgan fingerprint density at radius 3 is 2.26 bits per heavy atom. The van der Waals surface area contributed by atoms with Crippen molar-refractivity contribution in [3.63, 3.8) is 0 Å². The van der Waals surface area contributed by atoms with Crippen LogP contribution in [0.3, 0.4) is 0 Å². The van der Waals surface area contributed by atoms with Gasteiger partial charge in [-0.15, -0.1) is 0 Å². The number of hydrogen-bond acceptors (Lipinski definition) is 4. The normalized spacial score (nSPS) is 23.7. The number of ketones is 3. The van der Waals surface area contributed by atoms with E-state index in [9.17, 15) is 14.4 Å². The summed E-state index contributed by atoms with van der Waals surface area (Å²) in [6.45, 7) is 1.43. The Bertz CT molecular complexity index is 1410. The molecular formula is C28H19ClFNO3. The van der Waals surface area contributed by atoms with Gasteiger partial charge in [0.25, 0.3) is 0 Å². The monoisotopic (exact) mass is 471 g/mol. The molecule has 2 heterocycles. The third-order valence-corrected chi connectivity index (χ3v) is 7.66. The summed E-state index contributed by atoms with van der Waals surface area (Å²) in [7, 11) is 0. The maximum absolute atomic E-state index is 15.3. The van der Waals surface area contributed by atoms with E-state index in [2.05, 4.69) is 0 Å². The second-order valence-corrected chi connectivity index (χ2v) is 9.48. The summed E-state index contributed by atoms with van der Waals surface area (Å²) in [6.07, 6.45) is 3.62. The number of halogens is 2. The minimum absolute atomic E-state index is 0.190. The first-order valence-corrected chi connectivity index (χ1v) is 11.4. The molecule has 6 heteroatoms. The van der Waals surface area contributed by atoms with Crippen molar-refractivity contribution >= 4 is 40.7 Å². The molecule has 0 aromatic heterocycles. The fourth-order valence-corrected chi connectivity index (χ4v) is 6.35. The minimum atomic E-state index is -1.67. The van der Waals surface area contributed by atoms with Crippen LogP contribution in [-0.2, 0) is 4.79 Å². The van der Waals surface area contributed by atoms with Crippen LogP contribution < -0.4 is 4.90 Å². The molecule has 2 aliphatic heterocycles. The molecule has 4 nitrogen and oxygen atoms in total. The first-order chi connectivity index (χ1) is 16.4. The zero-order valence-electron chi connectivity index (χ0n) is 18.2. The number of carbonyl (C=O) groups excluding carboxylic acids is 3. The van der Waals surface area contributed by atoms with Crippen LogP contribution in [0.5, 0.6) is 0 Å². The quantitative estimate of drug-likeness (QED) is 0.463. The Morgan fingerprint density at radius 2 is 1.62 bits per heavy atom. The minimum Gasteiger partial charge on any atom is -0.352 e. The molecule has 0 N–H and O–H groups in total. The van der Waals surface area contributed by atoms with E-state index in [1.165, 1.54) is 13.0 Å². The van der Waals surface area contributed by atoms with Crippen LogP contribution in [0.15, 0.2) is 72.8 Å². The molecule has 1 unspecified atom stereocenters. The average molecular weight is 472 g/mol. The largest absolute Gasteiger partial charge is 0.352 e. The van der Waals surface area contributed by atoms with Crippen molar-refractivity contribution in [2.45, 2.75) is 24.9 Å². The highest BCUT2D eigenvalue weighted by atomic mass is 35.5. The Balaban J connectivity index is 1.70. The number of benzene rings is 3. The SMILES string of the molecule is CC(=O)[C@H]1[C@H](c2ccccc2F)C2(C(=O)c3ccccc3C2=O)C2C=Cc3cc(Cl)ccc3N21. The molecule has 1 spiro atoms. The Kier molecular flexibility index (Phi) is 4.45. The van der Waals surface area contributed by atoms with Gasteiger partial charge >= 0.3 is 0 Å². The number of Topliss-reactive ketones (excluding diaryl/α,β-unsaturated/α-hetero) is 3. The van der Waals surface area contributed by atoms with Crippen LogP contribution in [0.1, 0.15) is 44.7 Å². The van der Waals surface area contributed by atoms with Crippen molar-refractivity contribution in [2.75, 3.05) is 4.90 Å². The summed E-state index contributed by atoms with van der Waals surface area (Å²) in [5.41, 5.74) is 0.606. The third kappa shape index (κ3) is 2.50. The van der Waals surface area contributed by atoms with E-state index < -0.39 is 29.2 Å². The second-order valence-electron chi connectivity index (χ2n) is 9.04. The molecule has 3 atom stereocenters. The van der Waals surface area contributed by atoms with Crippen molar-refractivity contribution in [1.82, 2.24) is 0 Å². The van der Waals surface area contributed by atoms with Crippen LogP contribution >= 0.6 is 11.6 Å². The van der Waals surface area contributed by atoms with E-state index in [0.717, 1.165) is 5.56 Å². The van der Waals surface area contributed by atoms with Crippen molar-refractivity contribution in [3.8, 4) is 0 Å². The molecule has 34 heavy (non-hydrogen) atoms. The van der Waals surface area contributed by atoms with E-state index >= 15 is 4.39 Å². The molecule has 3 aromatic rings. The molecule has 3 aliphatic rings. The number of fused-ring (bicyclic) bond motifs is 5. The molecule has 1 fully saturated rings. The van der Waals surface area contributed by atoms with E-state index in [0.29, 0.717) is 21.8 Å². The molecule has 0 saturated carbocycles. The fourth-order valence-electron chi connectivity index (χ4n) is 6.17. The predicted molar refractivity (Wildman–Crippen MR) is 128 cm³/mol. The van der Waals surface area contributed by atoms with Gasteiger partial charge in [0.1, 0.15) is 11.2 Å². The van der Waals surface area contributed by atoms with Gasteiger partial charge in [0.15, 0.2) is 17.3 Å². The zero-order chi connectivity index (χ0) is 23.8. The van der Waals surface area contributed by atoms with Gasteiger partial charge < -0.3 is 4.90 Å². The maximum Gasteiger partial charge on any atom is 0.180 e. The van der Waals surface area contributed by atoms with Gasteiger partial charge in [-0.05, 0) is 42.3 Å². The zero-order valence-corrected chi connectivity index (χ0v) is 18.9. The summed E-state index contributed by atoms with van der Waals surface area (Å²) in [6, 6.07) is 16.4. The lowest BCUT2D eigenvalue weighted by molar-refractivity contribution is -0.118. The van der Waals surface area contributed by atoms with Gasteiger partial charge in [-0.2, -0.15) is 0 Å². The average Bonchev–Trinajstić information content (AvgIpc) is 3.26. The van der Waals surface area contributed by atoms with Crippen LogP contribution in [-0.4, -0.2) is 29.4 Å². The Morgan fingerprint density at radius 1 is 0.971 bits per heavy atom. The highest BCUT2D eigenvalue weighted by molar-refractivity contribution is 6.32. The van der Waals surface area contributed by atoms with Gasteiger partial charge in [0.2, 0.25) is 0 Å². The lowest BCUT2D eigenvalue weighted by Gasteiger charge is -2.37. The topological polar surface area (TPSA) is 54.5 Å². The standard InChI is InChI=1S/C28H19ClFNO3/c1-15(32)25-24(20-8-4-5-9-21(20)30)28(26(33)18-6-2-3-7-19(18)27(28)34)23-13-10-16-14-17(29)11-12-22(16)31(23)25/h2-14,23-25H,1H3/t23?,24-,25-/m0/s1. The van der Waals surface area contributed by atoms with Gasteiger partial charge in [-0.1, -0.05) is 66.2 Å². The maximum atomic E-state index is 15.3. The molecule has 1 aliphatic carbocycles. The molecule has 0 amide bonds. The van der Waals surface area contributed by atoms with Crippen LogP contribution in [0, 0.1) is 11.2 Å². The number of nitrogens with zero attached hydrogens (tertiary/aromatic N) is 1. The Hall–Kier alpha value is -3.57. The predicted octanol–water partition coefficient (Wildman–Crippen LogP) is 5.50. The lowest BCUT2D eigenvalue weighted by atomic mass is 9.64. The molecule has 168 valence electrons. The van der Waals surface area contributed by atoms with E-state index in [1.54, 1.807) is 66.7 Å². The van der Waals surface area contributed by atoms with Crippen molar-refractivity contribution in [3.05, 3.63) is 106 Å². The van der Waals surface area contributed by atoms with Crippen molar-refractivity contribution < 1.29 is 18.8 Å². The van der Waals surface area contributed by atoms with Crippen LogP contribution in [0.25, 0.3) is 6.08 Å². The number of rotatable bonds is 2. The summed E-state index contributed by atoms with van der Waals surface area (Å²) < 4.78 is 15.3. The first-order valence-electron chi connectivity index (χ1n) is 11.1. The summed E-state index contributed by atoms with van der Waals surface area (Å²) in [5.74, 6) is -2.54. The molecule has 6 rings (SSSR count).